The predicted molar refractivity (Wildman–Crippen MR) is 71.9 cm³/mol. The first-order valence-electron chi connectivity index (χ1n) is 5.39. The third kappa shape index (κ3) is 4.83. The minimum Gasteiger partial charge on any atom is -0.377 e. The van der Waals surface area contributed by atoms with Gasteiger partial charge in [0, 0.05) is 29.2 Å². The van der Waals surface area contributed by atoms with Crippen LogP contribution < -0.4 is 5.32 Å². The van der Waals surface area contributed by atoms with Crippen LogP contribution in [0.1, 0.15) is 19.4 Å². The molecular formula is C12H17BrClNO. The molecule has 1 rings (SSSR count). The zero-order valence-electron chi connectivity index (χ0n) is 9.59. The first-order valence-corrected chi connectivity index (χ1v) is 6.56. The highest BCUT2D eigenvalue weighted by atomic mass is 79.9. The molecule has 90 valence electrons. The summed E-state index contributed by atoms with van der Waals surface area (Å²) in [5, 5.41) is 4.11. The molecule has 0 saturated heterocycles. The van der Waals surface area contributed by atoms with Crippen LogP contribution in [0.4, 0.5) is 0 Å². The molecule has 0 aliphatic heterocycles. The third-order valence-corrected chi connectivity index (χ3v) is 3.06. The predicted octanol–water partition coefficient (Wildman–Crippen LogP) is 3.62. The van der Waals surface area contributed by atoms with Gasteiger partial charge in [-0.25, -0.2) is 0 Å². The highest BCUT2D eigenvalue weighted by Gasteiger charge is 2.03. The molecule has 0 heterocycles. The Labute approximate surface area is 110 Å². The van der Waals surface area contributed by atoms with Gasteiger partial charge in [0.1, 0.15) is 0 Å². The van der Waals surface area contributed by atoms with Crippen LogP contribution in [0, 0.1) is 0 Å². The lowest BCUT2D eigenvalue weighted by molar-refractivity contribution is 0.0759. The molecular weight excluding hydrogens is 289 g/mol. The number of halogens is 2. The van der Waals surface area contributed by atoms with E-state index in [0.717, 1.165) is 34.8 Å². The second-order valence-electron chi connectivity index (χ2n) is 3.63. The van der Waals surface area contributed by atoms with Crippen molar-refractivity contribution >= 4 is 27.5 Å². The maximum absolute atomic E-state index is 6.10. The summed E-state index contributed by atoms with van der Waals surface area (Å²) in [5.74, 6) is 0. The molecule has 1 unspecified atom stereocenters. The zero-order valence-corrected chi connectivity index (χ0v) is 11.9. The van der Waals surface area contributed by atoms with Crippen molar-refractivity contribution in [3.05, 3.63) is 33.3 Å². The Morgan fingerprint density at radius 1 is 1.50 bits per heavy atom. The van der Waals surface area contributed by atoms with E-state index in [-0.39, 0.29) is 6.10 Å². The van der Waals surface area contributed by atoms with E-state index in [0.29, 0.717) is 0 Å². The number of hydrogen-bond acceptors (Lipinski definition) is 2. The summed E-state index contributed by atoms with van der Waals surface area (Å²) in [7, 11) is 0. The Hall–Kier alpha value is -0.0900. The van der Waals surface area contributed by atoms with Gasteiger partial charge in [-0.3, -0.25) is 0 Å². The molecule has 0 spiro atoms. The summed E-state index contributed by atoms with van der Waals surface area (Å²) < 4.78 is 6.43. The Bertz CT molecular complexity index is 333. The Morgan fingerprint density at radius 3 is 2.88 bits per heavy atom. The second kappa shape index (κ2) is 7.28. The van der Waals surface area contributed by atoms with Crippen molar-refractivity contribution in [2.75, 3.05) is 13.2 Å². The van der Waals surface area contributed by atoms with E-state index in [1.54, 1.807) is 0 Å². The molecule has 1 atom stereocenters. The monoisotopic (exact) mass is 305 g/mol. The van der Waals surface area contributed by atoms with Crippen molar-refractivity contribution in [2.45, 2.75) is 26.5 Å². The van der Waals surface area contributed by atoms with E-state index in [1.165, 1.54) is 0 Å². The van der Waals surface area contributed by atoms with Gasteiger partial charge < -0.3 is 10.1 Å². The van der Waals surface area contributed by atoms with Crippen LogP contribution in [0.15, 0.2) is 22.7 Å². The van der Waals surface area contributed by atoms with Crippen LogP contribution >= 0.6 is 27.5 Å². The maximum Gasteiger partial charge on any atom is 0.0671 e. The number of ether oxygens (including phenoxy) is 1. The Balaban J connectivity index is 2.37. The van der Waals surface area contributed by atoms with Gasteiger partial charge in [0.15, 0.2) is 0 Å². The van der Waals surface area contributed by atoms with E-state index in [4.69, 9.17) is 16.3 Å². The van der Waals surface area contributed by atoms with Gasteiger partial charge >= 0.3 is 0 Å². The van der Waals surface area contributed by atoms with Crippen LogP contribution in [-0.2, 0) is 11.3 Å². The fraction of sp³-hybridized carbons (Fsp3) is 0.500. The van der Waals surface area contributed by atoms with Crippen molar-refractivity contribution in [1.29, 1.82) is 0 Å². The standard InChI is InChI=1S/C12H17BrClNO/c1-3-16-9(2)7-15-8-10-4-5-11(13)6-12(10)14/h4-6,9,15H,3,7-8H2,1-2H3. The van der Waals surface area contributed by atoms with Crippen molar-refractivity contribution in [1.82, 2.24) is 5.32 Å². The molecule has 0 radical (unpaired) electrons. The van der Waals surface area contributed by atoms with Crippen LogP contribution in [0.2, 0.25) is 5.02 Å². The summed E-state index contributed by atoms with van der Waals surface area (Å²) in [6.45, 7) is 6.41. The first-order chi connectivity index (χ1) is 7.63. The van der Waals surface area contributed by atoms with Crippen LogP contribution in [-0.4, -0.2) is 19.3 Å². The van der Waals surface area contributed by atoms with Gasteiger partial charge in [-0.2, -0.15) is 0 Å². The molecule has 0 aliphatic carbocycles. The number of rotatable bonds is 6. The molecule has 0 saturated carbocycles. The van der Waals surface area contributed by atoms with Crippen molar-refractivity contribution in [3.63, 3.8) is 0 Å². The van der Waals surface area contributed by atoms with Crippen LogP contribution in [0.5, 0.6) is 0 Å². The van der Waals surface area contributed by atoms with E-state index >= 15 is 0 Å². The van der Waals surface area contributed by atoms with Crippen molar-refractivity contribution in [3.8, 4) is 0 Å². The maximum atomic E-state index is 6.10. The molecule has 0 amide bonds. The normalized spacial score (nSPS) is 12.8. The number of nitrogens with one attached hydrogen (secondary N) is 1. The SMILES string of the molecule is CCOC(C)CNCc1ccc(Br)cc1Cl. The van der Waals surface area contributed by atoms with Gasteiger partial charge in [-0.15, -0.1) is 0 Å². The minimum absolute atomic E-state index is 0.235. The molecule has 1 aromatic rings. The molecule has 4 heteroatoms. The van der Waals surface area contributed by atoms with Gasteiger partial charge in [0.2, 0.25) is 0 Å². The highest BCUT2D eigenvalue weighted by molar-refractivity contribution is 9.10. The average molecular weight is 307 g/mol. The lowest BCUT2D eigenvalue weighted by Gasteiger charge is -2.13. The smallest absolute Gasteiger partial charge is 0.0671 e. The summed E-state index contributed by atoms with van der Waals surface area (Å²) in [5.41, 5.74) is 1.11. The lowest BCUT2D eigenvalue weighted by Crippen LogP contribution is -2.26. The van der Waals surface area contributed by atoms with Crippen molar-refractivity contribution < 1.29 is 4.74 Å². The fourth-order valence-electron chi connectivity index (χ4n) is 1.42. The summed E-state index contributed by atoms with van der Waals surface area (Å²) >= 11 is 9.49. The van der Waals surface area contributed by atoms with E-state index in [1.807, 2.05) is 25.1 Å². The quantitative estimate of drug-likeness (QED) is 0.867. The van der Waals surface area contributed by atoms with Gasteiger partial charge in [-0.05, 0) is 31.5 Å². The molecule has 0 fully saturated rings. The highest BCUT2D eigenvalue weighted by Crippen LogP contribution is 2.21. The van der Waals surface area contributed by atoms with E-state index in [9.17, 15) is 0 Å². The van der Waals surface area contributed by atoms with E-state index < -0.39 is 0 Å². The molecule has 1 aromatic carbocycles. The topological polar surface area (TPSA) is 21.3 Å². The van der Waals surface area contributed by atoms with Gasteiger partial charge in [0.05, 0.1) is 6.10 Å². The van der Waals surface area contributed by atoms with Gasteiger partial charge in [-0.1, -0.05) is 33.6 Å². The number of benzene rings is 1. The molecule has 16 heavy (non-hydrogen) atoms. The first kappa shape index (κ1) is 14.0. The third-order valence-electron chi connectivity index (χ3n) is 2.21. The van der Waals surface area contributed by atoms with Crippen LogP contribution in [0.25, 0.3) is 0 Å². The van der Waals surface area contributed by atoms with Crippen molar-refractivity contribution in [2.24, 2.45) is 0 Å². The second-order valence-corrected chi connectivity index (χ2v) is 4.96. The summed E-state index contributed by atoms with van der Waals surface area (Å²) in [6.07, 6.45) is 0.235. The largest absolute Gasteiger partial charge is 0.377 e. The molecule has 2 nitrogen and oxygen atoms in total. The summed E-state index contributed by atoms with van der Waals surface area (Å²) in [6, 6.07) is 5.92. The minimum atomic E-state index is 0.235. The Morgan fingerprint density at radius 2 is 2.25 bits per heavy atom. The lowest BCUT2D eigenvalue weighted by atomic mass is 10.2. The molecule has 0 aliphatic rings. The Kier molecular flexibility index (Phi) is 6.36. The molecule has 1 N–H and O–H groups in total. The molecule has 0 aromatic heterocycles. The summed E-state index contributed by atoms with van der Waals surface area (Å²) in [4.78, 5) is 0. The fourth-order valence-corrected chi connectivity index (χ4v) is 2.16. The van der Waals surface area contributed by atoms with Crippen LogP contribution in [0.3, 0.4) is 0 Å². The average Bonchev–Trinajstić information content (AvgIpc) is 2.22. The van der Waals surface area contributed by atoms with E-state index in [2.05, 4.69) is 28.2 Å². The van der Waals surface area contributed by atoms with Gasteiger partial charge in [0.25, 0.3) is 0 Å². The number of hydrogen-bond donors (Lipinski definition) is 1. The molecule has 0 bridgehead atoms. The zero-order chi connectivity index (χ0) is 12.0.